The Hall–Kier alpha value is -1.20. The van der Waals surface area contributed by atoms with E-state index in [1.807, 2.05) is 18.2 Å². The molecular weight excluding hydrogens is 329 g/mol. The molecule has 2 aromatic rings. The largest absolute Gasteiger partial charge is 0.494 e. The second-order valence-corrected chi connectivity index (χ2v) is 5.84. The maximum Gasteiger partial charge on any atom is 0.169 e. The summed E-state index contributed by atoms with van der Waals surface area (Å²) in [6.07, 6.45) is 0. The molecule has 0 saturated heterocycles. The highest BCUT2D eigenvalue weighted by molar-refractivity contribution is 9.10. The van der Waals surface area contributed by atoms with Gasteiger partial charge in [0, 0.05) is 26.4 Å². The van der Waals surface area contributed by atoms with E-state index in [-0.39, 0.29) is 11.6 Å². The van der Waals surface area contributed by atoms with Crippen molar-refractivity contribution in [3.63, 3.8) is 0 Å². The molecule has 0 bridgehead atoms. The highest BCUT2D eigenvalue weighted by Gasteiger charge is 2.09. The van der Waals surface area contributed by atoms with Crippen LogP contribution in [0.1, 0.15) is 5.56 Å². The van der Waals surface area contributed by atoms with Gasteiger partial charge in [0.2, 0.25) is 0 Å². The normalized spacial score (nSPS) is 10.5. The minimum atomic E-state index is -0.314. The molecule has 2 N–H and O–H groups in total. The Bertz CT molecular complexity index is 592. The van der Waals surface area contributed by atoms with E-state index < -0.39 is 0 Å². The summed E-state index contributed by atoms with van der Waals surface area (Å²) < 4.78 is 19.9. The number of anilines is 1. The average Bonchev–Trinajstić information content (AvgIpc) is 2.41. The van der Waals surface area contributed by atoms with Gasteiger partial charge in [0.05, 0.1) is 7.11 Å². The summed E-state index contributed by atoms with van der Waals surface area (Å²) in [5.41, 5.74) is 7.18. The summed E-state index contributed by atoms with van der Waals surface area (Å²) in [7, 11) is 1.46. The molecule has 2 rings (SSSR count). The van der Waals surface area contributed by atoms with Gasteiger partial charge < -0.3 is 10.5 Å². The number of hydrogen-bond acceptors (Lipinski definition) is 3. The van der Waals surface area contributed by atoms with Crippen LogP contribution in [0.3, 0.4) is 0 Å². The standard InChI is InChI=1S/C14H13BrFNOS/c1-18-12-4-2-3-9(14(12)16)8-19-13-7-10(15)5-6-11(13)17/h2-7H,8,17H2,1H3. The van der Waals surface area contributed by atoms with Gasteiger partial charge in [0.25, 0.3) is 0 Å². The van der Waals surface area contributed by atoms with Gasteiger partial charge in [0.1, 0.15) is 0 Å². The Kier molecular flexibility index (Phi) is 4.71. The average molecular weight is 342 g/mol. The number of halogens is 2. The lowest BCUT2D eigenvalue weighted by atomic mass is 10.2. The molecule has 0 aromatic heterocycles. The Morgan fingerprint density at radius 3 is 2.84 bits per heavy atom. The molecule has 0 aliphatic carbocycles. The molecule has 0 heterocycles. The molecule has 19 heavy (non-hydrogen) atoms. The first-order chi connectivity index (χ1) is 9.11. The van der Waals surface area contributed by atoms with Crippen molar-refractivity contribution in [3.05, 3.63) is 52.3 Å². The third kappa shape index (κ3) is 3.42. The maximum absolute atomic E-state index is 14.0. The number of nitrogens with two attached hydrogens (primary N) is 1. The molecule has 0 aliphatic heterocycles. The Morgan fingerprint density at radius 1 is 1.32 bits per heavy atom. The summed E-state index contributed by atoms with van der Waals surface area (Å²) in [5, 5.41) is 0. The summed E-state index contributed by atoms with van der Waals surface area (Å²) in [6.45, 7) is 0. The second kappa shape index (κ2) is 6.30. The molecule has 2 nitrogen and oxygen atoms in total. The molecule has 0 spiro atoms. The van der Waals surface area contributed by atoms with Gasteiger partial charge in [-0.1, -0.05) is 28.1 Å². The van der Waals surface area contributed by atoms with Crippen LogP contribution in [0.5, 0.6) is 5.75 Å². The van der Waals surface area contributed by atoms with E-state index in [1.54, 1.807) is 18.2 Å². The molecule has 2 aromatic carbocycles. The monoisotopic (exact) mass is 341 g/mol. The molecule has 5 heteroatoms. The van der Waals surface area contributed by atoms with Crippen molar-refractivity contribution >= 4 is 33.4 Å². The zero-order chi connectivity index (χ0) is 13.8. The van der Waals surface area contributed by atoms with Gasteiger partial charge in [-0.25, -0.2) is 4.39 Å². The van der Waals surface area contributed by atoms with Crippen molar-refractivity contribution < 1.29 is 9.13 Å². The highest BCUT2D eigenvalue weighted by atomic mass is 79.9. The van der Waals surface area contributed by atoms with Crippen LogP contribution >= 0.6 is 27.7 Å². The topological polar surface area (TPSA) is 35.2 Å². The fourth-order valence-corrected chi connectivity index (χ4v) is 3.11. The summed E-state index contributed by atoms with van der Waals surface area (Å²) in [6, 6.07) is 10.8. The molecule has 0 amide bonds. The second-order valence-electron chi connectivity index (χ2n) is 3.90. The molecule has 0 saturated carbocycles. The zero-order valence-corrected chi connectivity index (χ0v) is 12.7. The molecule has 0 unspecified atom stereocenters. The highest BCUT2D eigenvalue weighted by Crippen LogP contribution is 2.32. The van der Waals surface area contributed by atoms with Crippen LogP contribution in [-0.2, 0) is 5.75 Å². The number of hydrogen-bond donors (Lipinski definition) is 1. The third-order valence-corrected chi connectivity index (χ3v) is 4.24. The van der Waals surface area contributed by atoms with Crippen LogP contribution in [0.2, 0.25) is 0 Å². The van der Waals surface area contributed by atoms with Crippen LogP contribution in [0.15, 0.2) is 45.8 Å². The van der Waals surface area contributed by atoms with Crippen LogP contribution in [0, 0.1) is 5.82 Å². The van der Waals surface area contributed by atoms with Crippen molar-refractivity contribution in [2.75, 3.05) is 12.8 Å². The molecular formula is C14H13BrFNOS. The van der Waals surface area contributed by atoms with E-state index in [4.69, 9.17) is 10.5 Å². The van der Waals surface area contributed by atoms with E-state index in [9.17, 15) is 4.39 Å². The van der Waals surface area contributed by atoms with Gasteiger partial charge >= 0.3 is 0 Å². The van der Waals surface area contributed by atoms with Crippen molar-refractivity contribution in [3.8, 4) is 5.75 Å². The lowest BCUT2D eigenvalue weighted by molar-refractivity contribution is 0.385. The maximum atomic E-state index is 14.0. The van der Waals surface area contributed by atoms with Gasteiger partial charge in [0.15, 0.2) is 11.6 Å². The summed E-state index contributed by atoms with van der Waals surface area (Å²) >= 11 is 4.89. The number of thioether (sulfide) groups is 1. The quantitative estimate of drug-likeness (QED) is 0.658. The van der Waals surface area contributed by atoms with Gasteiger partial charge in [-0.3, -0.25) is 0 Å². The van der Waals surface area contributed by atoms with E-state index in [1.165, 1.54) is 18.9 Å². The number of ether oxygens (including phenoxy) is 1. The number of rotatable bonds is 4. The number of nitrogen functional groups attached to an aromatic ring is 1. The van der Waals surface area contributed by atoms with Crippen molar-refractivity contribution in [2.24, 2.45) is 0 Å². The van der Waals surface area contributed by atoms with Crippen LogP contribution in [0.4, 0.5) is 10.1 Å². The van der Waals surface area contributed by atoms with Gasteiger partial charge in [-0.15, -0.1) is 11.8 Å². The number of benzene rings is 2. The summed E-state index contributed by atoms with van der Waals surface area (Å²) in [5.74, 6) is 0.454. The van der Waals surface area contributed by atoms with Crippen LogP contribution in [0.25, 0.3) is 0 Å². The minimum absolute atomic E-state index is 0.264. The predicted molar refractivity (Wildman–Crippen MR) is 81.1 cm³/mol. The molecule has 0 atom stereocenters. The van der Waals surface area contributed by atoms with E-state index >= 15 is 0 Å². The fourth-order valence-electron chi connectivity index (χ4n) is 1.61. The number of methoxy groups -OCH3 is 1. The molecule has 0 fully saturated rings. The zero-order valence-electron chi connectivity index (χ0n) is 10.3. The third-order valence-electron chi connectivity index (χ3n) is 2.62. The molecule has 0 aliphatic rings. The first kappa shape index (κ1) is 14.2. The van der Waals surface area contributed by atoms with Crippen LogP contribution in [-0.4, -0.2) is 7.11 Å². The van der Waals surface area contributed by atoms with E-state index in [0.717, 1.165) is 9.37 Å². The predicted octanol–water partition coefficient (Wildman–Crippen LogP) is 4.47. The fraction of sp³-hybridized carbons (Fsp3) is 0.143. The van der Waals surface area contributed by atoms with Crippen molar-refractivity contribution in [1.29, 1.82) is 0 Å². The van der Waals surface area contributed by atoms with Crippen molar-refractivity contribution in [1.82, 2.24) is 0 Å². The lowest BCUT2D eigenvalue weighted by Gasteiger charge is -2.09. The smallest absolute Gasteiger partial charge is 0.169 e. The molecule has 100 valence electrons. The SMILES string of the molecule is COc1cccc(CSc2cc(Br)ccc2N)c1F. The first-order valence-electron chi connectivity index (χ1n) is 5.61. The Balaban J connectivity index is 2.17. The minimum Gasteiger partial charge on any atom is -0.494 e. The van der Waals surface area contributed by atoms with Gasteiger partial charge in [-0.05, 0) is 24.3 Å². The van der Waals surface area contributed by atoms with Gasteiger partial charge in [-0.2, -0.15) is 0 Å². The van der Waals surface area contributed by atoms with E-state index in [2.05, 4.69) is 15.9 Å². The first-order valence-corrected chi connectivity index (χ1v) is 7.39. The molecule has 0 radical (unpaired) electrons. The summed E-state index contributed by atoms with van der Waals surface area (Å²) in [4.78, 5) is 0.927. The van der Waals surface area contributed by atoms with Crippen molar-refractivity contribution in [2.45, 2.75) is 10.6 Å². The van der Waals surface area contributed by atoms with E-state index in [0.29, 0.717) is 17.0 Å². The van der Waals surface area contributed by atoms with Crippen LogP contribution < -0.4 is 10.5 Å². The lowest BCUT2D eigenvalue weighted by Crippen LogP contribution is -1.94. The Morgan fingerprint density at radius 2 is 2.11 bits per heavy atom. The Labute approximate surface area is 124 Å².